The summed E-state index contributed by atoms with van der Waals surface area (Å²) in [5, 5.41) is 7.37. The number of imidazole rings is 1. The maximum Gasteiger partial charge on any atom is 0.330 e. The van der Waals surface area contributed by atoms with Gasteiger partial charge in [-0.2, -0.15) is 5.10 Å². The lowest BCUT2D eigenvalue weighted by molar-refractivity contribution is 0.0827. The van der Waals surface area contributed by atoms with E-state index in [1.807, 2.05) is 10.6 Å². The lowest BCUT2D eigenvalue weighted by Crippen LogP contribution is -2.48. The van der Waals surface area contributed by atoms with E-state index >= 15 is 0 Å². The van der Waals surface area contributed by atoms with Crippen molar-refractivity contribution in [1.29, 1.82) is 0 Å². The molecule has 4 rings (SSSR count). The SMILES string of the molecule is Cn1nccc1C(=O)NC1CC(c2ccc3c(n2)n(C)c(=O)n3CC(C)(C)C)CCC1(C)C. The summed E-state index contributed by atoms with van der Waals surface area (Å²) in [5.41, 5.74) is 3.09. The number of rotatable bonds is 4. The first-order chi connectivity index (χ1) is 15.4. The Hall–Kier alpha value is -2.90. The molecule has 0 saturated heterocycles. The Morgan fingerprint density at radius 3 is 2.58 bits per heavy atom. The minimum Gasteiger partial charge on any atom is -0.347 e. The molecule has 1 aliphatic carbocycles. The number of pyridine rings is 1. The van der Waals surface area contributed by atoms with E-state index in [9.17, 15) is 9.59 Å². The molecule has 8 heteroatoms. The minimum atomic E-state index is -0.0983. The number of carbonyl (C=O) groups excluding carboxylic acids is 1. The number of aromatic nitrogens is 5. The molecule has 3 aromatic rings. The molecule has 33 heavy (non-hydrogen) atoms. The summed E-state index contributed by atoms with van der Waals surface area (Å²) in [7, 11) is 3.57. The van der Waals surface area contributed by atoms with Crippen molar-refractivity contribution in [2.45, 2.75) is 72.4 Å². The molecule has 1 fully saturated rings. The van der Waals surface area contributed by atoms with Crippen molar-refractivity contribution in [2.24, 2.45) is 24.9 Å². The number of hydrogen-bond donors (Lipinski definition) is 1. The van der Waals surface area contributed by atoms with Gasteiger partial charge in [-0.3, -0.25) is 18.6 Å². The van der Waals surface area contributed by atoms with Gasteiger partial charge in [0.05, 0.1) is 5.52 Å². The van der Waals surface area contributed by atoms with Crippen LogP contribution in [0.1, 0.15) is 76.0 Å². The second-order valence-corrected chi connectivity index (χ2v) is 11.4. The van der Waals surface area contributed by atoms with Crippen LogP contribution in [0.4, 0.5) is 0 Å². The van der Waals surface area contributed by atoms with Crippen LogP contribution in [0, 0.1) is 10.8 Å². The topological polar surface area (TPSA) is 86.7 Å². The van der Waals surface area contributed by atoms with Gasteiger partial charge in [-0.05, 0) is 48.3 Å². The molecule has 0 aromatic carbocycles. The summed E-state index contributed by atoms with van der Waals surface area (Å²) in [6.07, 6.45) is 4.43. The first kappa shape index (κ1) is 23.3. The van der Waals surface area contributed by atoms with Gasteiger partial charge in [-0.25, -0.2) is 9.78 Å². The van der Waals surface area contributed by atoms with Crippen LogP contribution in [-0.4, -0.2) is 35.8 Å². The van der Waals surface area contributed by atoms with Crippen molar-refractivity contribution < 1.29 is 4.79 Å². The lowest BCUT2D eigenvalue weighted by atomic mass is 9.68. The highest BCUT2D eigenvalue weighted by Crippen LogP contribution is 2.42. The van der Waals surface area contributed by atoms with Crippen LogP contribution in [0.5, 0.6) is 0 Å². The quantitative estimate of drug-likeness (QED) is 0.655. The summed E-state index contributed by atoms with van der Waals surface area (Å²) in [6.45, 7) is 11.5. The van der Waals surface area contributed by atoms with E-state index < -0.39 is 0 Å². The zero-order valence-electron chi connectivity index (χ0n) is 20.8. The Morgan fingerprint density at radius 2 is 1.94 bits per heavy atom. The van der Waals surface area contributed by atoms with Crippen LogP contribution < -0.4 is 11.0 Å². The third-order valence-electron chi connectivity index (χ3n) is 7.01. The molecule has 0 radical (unpaired) electrons. The first-order valence-corrected chi connectivity index (χ1v) is 11.7. The number of nitrogens with zero attached hydrogens (tertiary/aromatic N) is 5. The Balaban J connectivity index is 1.61. The molecule has 0 bridgehead atoms. The number of fused-ring (bicyclic) bond motifs is 1. The molecule has 2 atom stereocenters. The Kier molecular flexibility index (Phi) is 5.75. The number of nitrogens with one attached hydrogen (secondary N) is 1. The predicted molar refractivity (Wildman–Crippen MR) is 129 cm³/mol. The second-order valence-electron chi connectivity index (χ2n) is 11.4. The maximum atomic E-state index is 12.9. The fraction of sp³-hybridized carbons (Fsp3) is 0.600. The Labute approximate surface area is 195 Å². The molecular formula is C25H36N6O2. The summed E-state index contributed by atoms with van der Waals surface area (Å²) in [6, 6.07) is 5.85. The fourth-order valence-electron chi connectivity index (χ4n) is 4.94. The van der Waals surface area contributed by atoms with Gasteiger partial charge in [0.2, 0.25) is 0 Å². The van der Waals surface area contributed by atoms with Gasteiger partial charge in [-0.15, -0.1) is 0 Å². The molecule has 1 saturated carbocycles. The molecule has 8 nitrogen and oxygen atoms in total. The normalized spacial score (nSPS) is 20.8. The molecular weight excluding hydrogens is 416 g/mol. The molecule has 1 aliphatic rings. The monoisotopic (exact) mass is 452 g/mol. The van der Waals surface area contributed by atoms with E-state index in [2.05, 4.69) is 51.1 Å². The van der Waals surface area contributed by atoms with E-state index in [0.29, 0.717) is 12.2 Å². The Bertz CT molecular complexity index is 1240. The van der Waals surface area contributed by atoms with Gasteiger partial charge >= 0.3 is 5.69 Å². The van der Waals surface area contributed by atoms with Gasteiger partial charge in [0, 0.05) is 44.5 Å². The van der Waals surface area contributed by atoms with Crippen molar-refractivity contribution in [1.82, 2.24) is 29.2 Å². The highest BCUT2D eigenvalue weighted by atomic mass is 16.2. The molecule has 0 aliphatic heterocycles. The van der Waals surface area contributed by atoms with Crippen molar-refractivity contribution in [3.63, 3.8) is 0 Å². The Morgan fingerprint density at radius 1 is 1.21 bits per heavy atom. The summed E-state index contributed by atoms with van der Waals surface area (Å²) in [4.78, 5) is 30.7. The standard InChI is InChI=1S/C25H36N6O2/c1-24(2,3)15-31-18-9-8-17(27-21(18)29(6)23(31)33)16-10-12-25(4,5)20(14-16)28-22(32)19-11-13-26-30(19)7/h8-9,11,13,16,20H,10,12,14-15H2,1-7H3,(H,28,32). The van der Waals surface area contributed by atoms with E-state index in [4.69, 9.17) is 4.98 Å². The van der Waals surface area contributed by atoms with Gasteiger partial charge in [0.1, 0.15) is 5.69 Å². The van der Waals surface area contributed by atoms with Gasteiger partial charge < -0.3 is 5.32 Å². The van der Waals surface area contributed by atoms with Gasteiger partial charge in [-0.1, -0.05) is 34.6 Å². The van der Waals surface area contributed by atoms with Gasteiger partial charge in [0.25, 0.3) is 5.91 Å². The maximum absolute atomic E-state index is 12.9. The summed E-state index contributed by atoms with van der Waals surface area (Å²) < 4.78 is 5.08. The molecule has 3 heterocycles. The van der Waals surface area contributed by atoms with E-state index in [1.165, 1.54) is 0 Å². The fourth-order valence-corrected chi connectivity index (χ4v) is 4.94. The number of aryl methyl sites for hydroxylation is 2. The van der Waals surface area contributed by atoms with Crippen LogP contribution in [0.2, 0.25) is 0 Å². The third kappa shape index (κ3) is 4.48. The highest BCUT2D eigenvalue weighted by molar-refractivity contribution is 5.92. The van der Waals surface area contributed by atoms with Crippen molar-refractivity contribution >= 4 is 17.1 Å². The third-order valence-corrected chi connectivity index (χ3v) is 7.01. The smallest absolute Gasteiger partial charge is 0.330 e. The van der Waals surface area contributed by atoms with Gasteiger partial charge in [0.15, 0.2) is 5.65 Å². The number of hydrogen-bond acceptors (Lipinski definition) is 4. The molecule has 178 valence electrons. The predicted octanol–water partition coefficient (Wildman–Crippen LogP) is 3.61. The number of carbonyl (C=O) groups is 1. The zero-order valence-corrected chi connectivity index (χ0v) is 20.8. The molecule has 0 spiro atoms. The lowest BCUT2D eigenvalue weighted by Gasteiger charge is -2.42. The van der Waals surface area contributed by atoms with E-state index in [1.54, 1.807) is 35.6 Å². The molecule has 1 amide bonds. The average Bonchev–Trinajstić information content (AvgIpc) is 3.25. The van der Waals surface area contributed by atoms with Crippen LogP contribution in [0.3, 0.4) is 0 Å². The van der Waals surface area contributed by atoms with Crippen LogP contribution >= 0.6 is 0 Å². The summed E-state index contributed by atoms with van der Waals surface area (Å²) >= 11 is 0. The molecule has 2 unspecified atom stereocenters. The molecule has 3 aromatic heterocycles. The van der Waals surface area contributed by atoms with Crippen LogP contribution in [-0.2, 0) is 20.6 Å². The van der Waals surface area contributed by atoms with E-state index in [-0.39, 0.29) is 34.4 Å². The highest BCUT2D eigenvalue weighted by Gasteiger charge is 2.38. The average molecular weight is 453 g/mol. The van der Waals surface area contributed by atoms with Crippen LogP contribution in [0.15, 0.2) is 29.2 Å². The van der Waals surface area contributed by atoms with E-state index in [0.717, 1.165) is 36.1 Å². The largest absolute Gasteiger partial charge is 0.347 e. The van der Waals surface area contributed by atoms with Crippen molar-refractivity contribution in [2.75, 3.05) is 0 Å². The minimum absolute atomic E-state index is 0.00890. The van der Waals surface area contributed by atoms with Crippen molar-refractivity contribution in [3.05, 3.63) is 46.3 Å². The van der Waals surface area contributed by atoms with Crippen LogP contribution in [0.25, 0.3) is 11.2 Å². The second kappa shape index (κ2) is 8.15. The first-order valence-electron chi connectivity index (χ1n) is 11.7. The number of amides is 1. The molecule has 1 N–H and O–H groups in total. The summed E-state index contributed by atoms with van der Waals surface area (Å²) in [5.74, 6) is 0.124. The zero-order chi connectivity index (χ0) is 24.1. The van der Waals surface area contributed by atoms with Crippen molar-refractivity contribution in [3.8, 4) is 0 Å².